The third-order valence-corrected chi connectivity index (χ3v) is 4.88. The summed E-state index contributed by atoms with van der Waals surface area (Å²) in [6.45, 7) is 9.25. The number of hydrogen-bond acceptors (Lipinski definition) is 3. The standard InChI is InChI=1S/C18H30FN3O2S.HI/c1-6-20-17(22-14(2)11-12-25(5,23)24)21-13-18(3,4)15-7-9-16(19)10-8-15;/h7-10,14H,6,11-13H2,1-5H3,(H2,20,21,22);1H. The number of nitrogens with zero attached hydrogens (tertiary/aromatic N) is 1. The molecule has 1 atom stereocenters. The predicted molar refractivity (Wildman–Crippen MR) is 118 cm³/mol. The number of halogens is 2. The number of benzene rings is 1. The van der Waals surface area contributed by atoms with Crippen LogP contribution in [0.2, 0.25) is 0 Å². The molecule has 1 aromatic carbocycles. The van der Waals surface area contributed by atoms with Crippen molar-refractivity contribution in [3.63, 3.8) is 0 Å². The predicted octanol–water partition coefficient (Wildman–Crippen LogP) is 3.10. The highest BCUT2D eigenvalue weighted by Gasteiger charge is 2.20. The van der Waals surface area contributed by atoms with E-state index in [1.54, 1.807) is 12.1 Å². The van der Waals surface area contributed by atoms with Crippen LogP contribution in [0.1, 0.15) is 39.7 Å². The molecule has 5 nitrogen and oxygen atoms in total. The van der Waals surface area contributed by atoms with Gasteiger partial charge in [0.15, 0.2) is 5.96 Å². The van der Waals surface area contributed by atoms with Crippen LogP contribution >= 0.6 is 24.0 Å². The van der Waals surface area contributed by atoms with Crippen LogP contribution in [0.3, 0.4) is 0 Å². The average molecular weight is 499 g/mol. The Hall–Kier alpha value is -0.900. The molecule has 0 spiro atoms. The van der Waals surface area contributed by atoms with E-state index in [9.17, 15) is 12.8 Å². The fourth-order valence-corrected chi connectivity index (χ4v) is 3.07. The third kappa shape index (κ3) is 9.70. The van der Waals surface area contributed by atoms with Crippen LogP contribution in [0.5, 0.6) is 0 Å². The number of aliphatic imine (C=N–C) groups is 1. The molecule has 150 valence electrons. The second-order valence-electron chi connectivity index (χ2n) is 7.05. The quantitative estimate of drug-likeness (QED) is 0.328. The van der Waals surface area contributed by atoms with Gasteiger partial charge in [-0.05, 0) is 38.0 Å². The molecule has 1 rings (SSSR count). The van der Waals surface area contributed by atoms with E-state index in [2.05, 4.69) is 29.5 Å². The van der Waals surface area contributed by atoms with Gasteiger partial charge in [-0.3, -0.25) is 4.99 Å². The lowest BCUT2D eigenvalue weighted by molar-refractivity contribution is 0.531. The summed E-state index contributed by atoms with van der Waals surface area (Å²) in [6, 6.07) is 6.45. The molecule has 0 aliphatic rings. The van der Waals surface area contributed by atoms with E-state index in [1.807, 2.05) is 13.8 Å². The Bertz CT molecular complexity index is 676. The summed E-state index contributed by atoms with van der Waals surface area (Å²) in [5.41, 5.74) is 0.769. The maximum absolute atomic E-state index is 13.1. The lowest BCUT2D eigenvalue weighted by Gasteiger charge is -2.24. The van der Waals surface area contributed by atoms with Crippen LogP contribution in [0, 0.1) is 5.82 Å². The van der Waals surface area contributed by atoms with Crippen molar-refractivity contribution in [3.8, 4) is 0 Å². The van der Waals surface area contributed by atoms with E-state index in [4.69, 9.17) is 0 Å². The van der Waals surface area contributed by atoms with Crippen molar-refractivity contribution in [2.75, 3.05) is 25.1 Å². The first kappa shape index (κ1) is 25.1. The van der Waals surface area contributed by atoms with Crippen LogP contribution in [0.25, 0.3) is 0 Å². The number of rotatable bonds is 8. The van der Waals surface area contributed by atoms with E-state index >= 15 is 0 Å². The van der Waals surface area contributed by atoms with E-state index in [0.29, 0.717) is 25.5 Å². The molecule has 0 aromatic heterocycles. The zero-order chi connectivity index (χ0) is 19.1. The lowest BCUT2D eigenvalue weighted by atomic mass is 9.85. The molecule has 0 bridgehead atoms. The van der Waals surface area contributed by atoms with E-state index < -0.39 is 9.84 Å². The Morgan fingerprint density at radius 2 is 1.85 bits per heavy atom. The van der Waals surface area contributed by atoms with Crippen molar-refractivity contribution in [1.29, 1.82) is 0 Å². The van der Waals surface area contributed by atoms with Crippen molar-refractivity contribution in [2.24, 2.45) is 4.99 Å². The molecule has 0 saturated carbocycles. The molecule has 0 amide bonds. The number of sulfone groups is 1. The Labute approximate surface area is 174 Å². The maximum Gasteiger partial charge on any atom is 0.191 e. The van der Waals surface area contributed by atoms with Gasteiger partial charge >= 0.3 is 0 Å². The number of guanidine groups is 1. The first-order chi connectivity index (χ1) is 11.5. The summed E-state index contributed by atoms with van der Waals surface area (Å²) in [7, 11) is -2.97. The van der Waals surface area contributed by atoms with Crippen molar-refractivity contribution in [1.82, 2.24) is 10.6 Å². The average Bonchev–Trinajstić information content (AvgIpc) is 2.51. The third-order valence-electron chi connectivity index (χ3n) is 3.91. The fraction of sp³-hybridized carbons (Fsp3) is 0.611. The smallest absolute Gasteiger partial charge is 0.191 e. The highest BCUT2D eigenvalue weighted by atomic mass is 127. The zero-order valence-electron chi connectivity index (χ0n) is 16.2. The first-order valence-electron chi connectivity index (χ1n) is 8.52. The van der Waals surface area contributed by atoms with Gasteiger partial charge in [-0.2, -0.15) is 0 Å². The summed E-state index contributed by atoms with van der Waals surface area (Å²) in [6.07, 6.45) is 1.76. The second kappa shape index (κ2) is 11.1. The molecule has 1 aromatic rings. The van der Waals surface area contributed by atoms with Crippen LogP contribution in [0.15, 0.2) is 29.3 Å². The van der Waals surface area contributed by atoms with Gasteiger partial charge in [-0.1, -0.05) is 26.0 Å². The molecule has 0 aliphatic heterocycles. The van der Waals surface area contributed by atoms with Crippen LogP contribution < -0.4 is 10.6 Å². The molecule has 0 saturated heterocycles. The first-order valence-corrected chi connectivity index (χ1v) is 10.6. The highest BCUT2D eigenvalue weighted by Crippen LogP contribution is 2.23. The van der Waals surface area contributed by atoms with Gasteiger partial charge in [0.2, 0.25) is 0 Å². The summed E-state index contributed by atoms with van der Waals surface area (Å²) < 4.78 is 35.7. The monoisotopic (exact) mass is 499 g/mol. The normalized spacial score (nSPS) is 13.7. The summed E-state index contributed by atoms with van der Waals surface area (Å²) >= 11 is 0. The molecule has 8 heteroatoms. The summed E-state index contributed by atoms with van der Waals surface area (Å²) in [5, 5.41) is 6.41. The van der Waals surface area contributed by atoms with E-state index in [-0.39, 0.29) is 47.0 Å². The van der Waals surface area contributed by atoms with E-state index in [0.717, 1.165) is 5.56 Å². The highest BCUT2D eigenvalue weighted by molar-refractivity contribution is 14.0. The minimum Gasteiger partial charge on any atom is -0.357 e. The second-order valence-corrected chi connectivity index (χ2v) is 9.31. The molecule has 0 fully saturated rings. The van der Waals surface area contributed by atoms with Crippen LogP contribution in [-0.4, -0.2) is 45.5 Å². The SMILES string of the molecule is CCNC(=NCC(C)(C)c1ccc(F)cc1)NC(C)CCS(C)(=O)=O.I. The maximum atomic E-state index is 13.1. The summed E-state index contributed by atoms with van der Waals surface area (Å²) in [5.74, 6) is 0.540. The Kier molecular flexibility index (Phi) is 10.7. The Balaban J connectivity index is 0.00000625. The van der Waals surface area contributed by atoms with Crippen molar-refractivity contribution < 1.29 is 12.8 Å². The molecular formula is C18H31FIN3O2S. The van der Waals surface area contributed by atoms with E-state index in [1.165, 1.54) is 18.4 Å². The fourth-order valence-electron chi connectivity index (χ4n) is 2.29. The van der Waals surface area contributed by atoms with Gasteiger partial charge < -0.3 is 10.6 Å². The Morgan fingerprint density at radius 1 is 1.27 bits per heavy atom. The largest absolute Gasteiger partial charge is 0.357 e. The van der Waals surface area contributed by atoms with Crippen molar-refractivity contribution in [3.05, 3.63) is 35.6 Å². The molecule has 2 N–H and O–H groups in total. The summed E-state index contributed by atoms with van der Waals surface area (Å²) in [4.78, 5) is 4.62. The molecule has 1 unspecified atom stereocenters. The molecule has 0 aliphatic carbocycles. The molecular weight excluding hydrogens is 468 g/mol. The van der Waals surface area contributed by atoms with Gasteiger partial charge in [-0.15, -0.1) is 24.0 Å². The lowest BCUT2D eigenvalue weighted by Crippen LogP contribution is -2.43. The van der Waals surface area contributed by atoms with Crippen LogP contribution in [0.4, 0.5) is 4.39 Å². The van der Waals surface area contributed by atoms with Gasteiger partial charge in [-0.25, -0.2) is 12.8 Å². The van der Waals surface area contributed by atoms with Crippen molar-refractivity contribution in [2.45, 2.75) is 45.6 Å². The minimum atomic E-state index is -2.97. The molecule has 0 heterocycles. The minimum absolute atomic E-state index is 0. The topological polar surface area (TPSA) is 70.6 Å². The van der Waals surface area contributed by atoms with Crippen LogP contribution in [-0.2, 0) is 15.3 Å². The Morgan fingerprint density at radius 3 is 2.35 bits per heavy atom. The van der Waals surface area contributed by atoms with Gasteiger partial charge in [0, 0.05) is 24.3 Å². The molecule has 0 radical (unpaired) electrons. The number of hydrogen-bond donors (Lipinski definition) is 2. The van der Waals surface area contributed by atoms with Gasteiger partial charge in [0.1, 0.15) is 15.7 Å². The van der Waals surface area contributed by atoms with Crippen molar-refractivity contribution >= 4 is 39.8 Å². The van der Waals surface area contributed by atoms with Gasteiger partial charge in [0.25, 0.3) is 0 Å². The number of nitrogens with one attached hydrogen (secondary N) is 2. The molecule has 26 heavy (non-hydrogen) atoms. The zero-order valence-corrected chi connectivity index (χ0v) is 19.3. The van der Waals surface area contributed by atoms with Gasteiger partial charge in [0.05, 0.1) is 12.3 Å².